The van der Waals surface area contributed by atoms with Crippen LogP contribution >= 0.6 is 0 Å². The highest BCUT2D eigenvalue weighted by atomic mass is 16.4. The van der Waals surface area contributed by atoms with Crippen molar-refractivity contribution in [3.05, 3.63) is 34.2 Å². The van der Waals surface area contributed by atoms with Crippen molar-refractivity contribution < 1.29 is 14.7 Å². The van der Waals surface area contributed by atoms with Crippen molar-refractivity contribution in [1.29, 1.82) is 0 Å². The maximum atomic E-state index is 11.5. The molecule has 0 saturated heterocycles. The van der Waals surface area contributed by atoms with Crippen LogP contribution in [-0.2, 0) is 4.79 Å². The van der Waals surface area contributed by atoms with Gasteiger partial charge in [-0.15, -0.1) is 0 Å². The number of carboxylic acids is 1. The lowest BCUT2D eigenvalue weighted by molar-refractivity contribution is -0.139. The van der Waals surface area contributed by atoms with E-state index in [-0.39, 0.29) is 12.1 Å². The van der Waals surface area contributed by atoms with Crippen molar-refractivity contribution in [3.8, 4) is 0 Å². The number of rotatable bonds is 4. The van der Waals surface area contributed by atoms with Crippen molar-refractivity contribution in [2.24, 2.45) is 0 Å². The van der Waals surface area contributed by atoms with Crippen LogP contribution in [-0.4, -0.2) is 28.0 Å². The first-order valence-corrected chi connectivity index (χ1v) is 4.77. The lowest BCUT2D eigenvalue weighted by Crippen LogP contribution is -2.40. The summed E-state index contributed by atoms with van der Waals surface area (Å²) in [6, 6.07) is 3.16. The third-order valence-corrected chi connectivity index (χ3v) is 2.02. The molecular formula is C10H12N2O4. The Labute approximate surface area is 91.3 Å². The summed E-state index contributed by atoms with van der Waals surface area (Å²) in [4.78, 5) is 35.5. The smallest absolute Gasteiger partial charge is 0.326 e. The van der Waals surface area contributed by atoms with E-state index in [4.69, 9.17) is 5.11 Å². The molecule has 86 valence electrons. The van der Waals surface area contributed by atoms with Crippen molar-refractivity contribution in [1.82, 2.24) is 10.3 Å². The van der Waals surface area contributed by atoms with Gasteiger partial charge < -0.3 is 15.4 Å². The molecule has 1 rings (SSSR count). The summed E-state index contributed by atoms with van der Waals surface area (Å²) >= 11 is 0. The molecule has 1 atom stereocenters. The maximum absolute atomic E-state index is 11.5. The third kappa shape index (κ3) is 2.94. The minimum absolute atomic E-state index is 0.0483. The summed E-state index contributed by atoms with van der Waals surface area (Å²) in [7, 11) is 0. The minimum atomic E-state index is -1.10. The number of amides is 1. The zero-order valence-corrected chi connectivity index (χ0v) is 8.69. The highest BCUT2D eigenvalue weighted by Gasteiger charge is 2.18. The van der Waals surface area contributed by atoms with Gasteiger partial charge in [0.25, 0.3) is 5.91 Å². The van der Waals surface area contributed by atoms with Crippen molar-refractivity contribution in [2.75, 3.05) is 0 Å². The maximum Gasteiger partial charge on any atom is 0.326 e. The molecule has 1 aromatic heterocycles. The van der Waals surface area contributed by atoms with E-state index < -0.39 is 23.5 Å². The van der Waals surface area contributed by atoms with Crippen LogP contribution in [0, 0.1) is 0 Å². The highest BCUT2D eigenvalue weighted by Crippen LogP contribution is 1.95. The molecule has 0 aliphatic carbocycles. The summed E-state index contributed by atoms with van der Waals surface area (Å²) in [5.74, 6) is -1.71. The standard InChI is InChI=1S/C10H12N2O4/c1-2-6(10(15)16)12-9(14)7-4-3-5-8(13)11-7/h3-6H,2H2,1H3,(H,11,13)(H,12,14)(H,15,16)/t6-/m0/s1. The molecule has 16 heavy (non-hydrogen) atoms. The Kier molecular flexibility index (Phi) is 3.82. The molecule has 0 aliphatic rings. The van der Waals surface area contributed by atoms with Gasteiger partial charge in [0, 0.05) is 6.07 Å². The van der Waals surface area contributed by atoms with Crippen LogP contribution in [0.3, 0.4) is 0 Å². The summed E-state index contributed by atoms with van der Waals surface area (Å²) in [5, 5.41) is 11.0. The zero-order chi connectivity index (χ0) is 12.1. The molecule has 1 amide bonds. The molecule has 6 heteroatoms. The number of nitrogens with one attached hydrogen (secondary N) is 2. The van der Waals surface area contributed by atoms with E-state index in [9.17, 15) is 14.4 Å². The van der Waals surface area contributed by atoms with Gasteiger partial charge in [-0.05, 0) is 12.5 Å². The Balaban J connectivity index is 2.79. The van der Waals surface area contributed by atoms with E-state index in [1.165, 1.54) is 18.2 Å². The first kappa shape index (κ1) is 12.0. The Morgan fingerprint density at radius 2 is 2.19 bits per heavy atom. The monoisotopic (exact) mass is 224 g/mol. The number of aliphatic carboxylic acids is 1. The van der Waals surface area contributed by atoms with Crippen molar-refractivity contribution in [2.45, 2.75) is 19.4 Å². The summed E-state index contributed by atoms with van der Waals surface area (Å²) in [6.07, 6.45) is 0.276. The van der Waals surface area contributed by atoms with Crippen molar-refractivity contribution in [3.63, 3.8) is 0 Å². The number of aromatic nitrogens is 1. The fourth-order valence-electron chi connectivity index (χ4n) is 1.15. The summed E-state index contributed by atoms with van der Waals surface area (Å²) < 4.78 is 0. The topological polar surface area (TPSA) is 99.3 Å². The zero-order valence-electron chi connectivity index (χ0n) is 8.69. The van der Waals surface area contributed by atoms with Crippen LogP contribution in [0.5, 0.6) is 0 Å². The number of hydrogen-bond donors (Lipinski definition) is 3. The molecule has 3 N–H and O–H groups in total. The van der Waals surface area contributed by atoms with Gasteiger partial charge in [-0.3, -0.25) is 9.59 Å². The lowest BCUT2D eigenvalue weighted by Gasteiger charge is -2.11. The van der Waals surface area contributed by atoms with Gasteiger partial charge in [-0.1, -0.05) is 13.0 Å². The van der Waals surface area contributed by atoms with Crippen molar-refractivity contribution >= 4 is 11.9 Å². The molecule has 0 radical (unpaired) electrons. The first-order valence-electron chi connectivity index (χ1n) is 4.77. The molecule has 0 spiro atoms. The molecule has 0 unspecified atom stereocenters. The molecule has 0 bridgehead atoms. The molecule has 0 fully saturated rings. The van der Waals surface area contributed by atoms with Crippen LogP contribution in [0.1, 0.15) is 23.8 Å². The highest BCUT2D eigenvalue weighted by molar-refractivity contribution is 5.94. The van der Waals surface area contributed by atoms with E-state index in [0.717, 1.165) is 0 Å². The Bertz CT molecular complexity index is 452. The SMILES string of the molecule is CC[C@H](NC(=O)c1cccc(=O)[nH]1)C(=O)O. The second kappa shape index (κ2) is 5.11. The number of carboxylic acid groups (broad SMARTS) is 1. The molecule has 0 aromatic carbocycles. The fraction of sp³-hybridized carbons (Fsp3) is 0.300. The molecular weight excluding hydrogens is 212 g/mol. The second-order valence-electron chi connectivity index (χ2n) is 3.20. The third-order valence-electron chi connectivity index (χ3n) is 2.02. The van der Waals surface area contributed by atoms with Crippen LogP contribution in [0.15, 0.2) is 23.0 Å². The number of H-pyrrole nitrogens is 1. The average molecular weight is 224 g/mol. The van der Waals surface area contributed by atoms with Gasteiger partial charge in [0.15, 0.2) is 0 Å². The van der Waals surface area contributed by atoms with Crippen LogP contribution < -0.4 is 10.9 Å². The van der Waals surface area contributed by atoms with Crippen LogP contribution in [0.2, 0.25) is 0 Å². The number of pyridine rings is 1. The Morgan fingerprint density at radius 1 is 1.50 bits per heavy atom. The quantitative estimate of drug-likeness (QED) is 0.668. The van der Waals surface area contributed by atoms with Gasteiger partial charge >= 0.3 is 5.97 Å². The van der Waals surface area contributed by atoms with Gasteiger partial charge in [0.1, 0.15) is 11.7 Å². The minimum Gasteiger partial charge on any atom is -0.480 e. The van der Waals surface area contributed by atoms with E-state index in [0.29, 0.717) is 0 Å². The predicted molar refractivity (Wildman–Crippen MR) is 56.2 cm³/mol. The van der Waals surface area contributed by atoms with E-state index in [2.05, 4.69) is 10.3 Å². The summed E-state index contributed by atoms with van der Waals surface area (Å²) in [5.41, 5.74) is -0.358. The van der Waals surface area contributed by atoms with E-state index in [1.54, 1.807) is 6.92 Å². The summed E-state index contributed by atoms with van der Waals surface area (Å²) in [6.45, 7) is 1.65. The molecule has 1 aromatic rings. The molecule has 1 heterocycles. The normalized spacial score (nSPS) is 11.8. The molecule has 0 saturated carbocycles. The molecule has 6 nitrogen and oxygen atoms in total. The first-order chi connectivity index (χ1) is 7.54. The Morgan fingerprint density at radius 3 is 2.69 bits per heavy atom. The largest absolute Gasteiger partial charge is 0.480 e. The van der Waals surface area contributed by atoms with Gasteiger partial charge in [0.2, 0.25) is 5.56 Å². The molecule has 0 aliphatic heterocycles. The number of carbonyl (C=O) groups is 2. The average Bonchev–Trinajstić information content (AvgIpc) is 2.25. The van der Waals surface area contributed by atoms with Gasteiger partial charge in [0.05, 0.1) is 0 Å². The van der Waals surface area contributed by atoms with Gasteiger partial charge in [-0.25, -0.2) is 4.79 Å². The number of carbonyl (C=O) groups excluding carboxylic acids is 1. The van der Waals surface area contributed by atoms with Crippen LogP contribution in [0.25, 0.3) is 0 Å². The predicted octanol–water partition coefficient (Wildman–Crippen LogP) is -0.0321. The Hall–Kier alpha value is -2.11. The van der Waals surface area contributed by atoms with E-state index >= 15 is 0 Å². The van der Waals surface area contributed by atoms with Crippen LogP contribution in [0.4, 0.5) is 0 Å². The second-order valence-corrected chi connectivity index (χ2v) is 3.20. The lowest BCUT2D eigenvalue weighted by atomic mass is 10.2. The number of aromatic amines is 1. The van der Waals surface area contributed by atoms with Gasteiger partial charge in [-0.2, -0.15) is 0 Å². The van der Waals surface area contributed by atoms with E-state index in [1.807, 2.05) is 0 Å². The number of hydrogen-bond acceptors (Lipinski definition) is 3. The fourth-order valence-corrected chi connectivity index (χ4v) is 1.15.